The van der Waals surface area contributed by atoms with Crippen LogP contribution < -0.4 is 25.4 Å². The van der Waals surface area contributed by atoms with Crippen LogP contribution in [-0.4, -0.2) is 77.6 Å². The monoisotopic (exact) mass is 832 g/mol. The number of likely N-dealkylation sites (tertiary alicyclic amines) is 1. The molecule has 0 radical (unpaired) electrons. The Morgan fingerprint density at radius 2 is 1.53 bits per heavy atom. The van der Waals surface area contributed by atoms with Gasteiger partial charge in [-0.05, 0) is 95.3 Å². The van der Waals surface area contributed by atoms with Gasteiger partial charge in [0.15, 0.2) is 6.61 Å². The van der Waals surface area contributed by atoms with E-state index >= 15 is 0 Å². The fourth-order valence-electron chi connectivity index (χ4n) is 5.48. The Kier molecular flexibility index (Phi) is 14.9. The Balaban J connectivity index is 1.24. The van der Waals surface area contributed by atoms with Crippen molar-refractivity contribution in [1.29, 1.82) is 0 Å². The van der Waals surface area contributed by atoms with Gasteiger partial charge in [-0.1, -0.05) is 61.8 Å². The first-order valence-electron chi connectivity index (χ1n) is 16.7. The number of nitrogens with one attached hydrogen (secondary N) is 3. The number of carbonyl (C=O) groups excluding carboxylic acids is 4. The fourth-order valence-corrected chi connectivity index (χ4v) is 6.15. The largest absolute Gasteiger partial charge is 0.483 e. The number of aliphatic carboxylic acids is 1. The molecule has 1 aliphatic rings. The first-order valence-corrected chi connectivity index (χ1v) is 18.1. The van der Waals surface area contributed by atoms with E-state index in [4.69, 9.17) is 21.1 Å². The number of rotatable bonds is 15. The van der Waals surface area contributed by atoms with E-state index in [2.05, 4.69) is 38.5 Å². The molecule has 0 saturated carbocycles. The van der Waals surface area contributed by atoms with E-state index in [1.165, 1.54) is 0 Å². The van der Waals surface area contributed by atoms with Crippen LogP contribution in [0.25, 0.3) is 0 Å². The molecular weight excluding hydrogens is 791 g/mol. The summed E-state index contributed by atoms with van der Waals surface area (Å²) in [5, 5.41) is 18.8. The summed E-state index contributed by atoms with van der Waals surface area (Å²) in [6.45, 7) is 4.32. The van der Waals surface area contributed by atoms with Crippen molar-refractivity contribution in [1.82, 2.24) is 20.9 Å². The van der Waals surface area contributed by atoms with E-state index in [1.807, 2.05) is 38.1 Å². The van der Waals surface area contributed by atoms with Gasteiger partial charge in [-0.25, -0.2) is 9.59 Å². The SMILES string of the molecule is CC(C)CC(NC(=O)COc1ccccc1I)C(=O)NC(Cc1ccc(OC(=O)N2CCC(NC(=O)Cc3ccc(Cl)cc3)CC2)cc1)C(=O)O. The molecule has 0 aromatic heterocycles. The predicted molar refractivity (Wildman–Crippen MR) is 200 cm³/mol. The maximum atomic E-state index is 13.2. The Labute approximate surface area is 315 Å². The second kappa shape index (κ2) is 19.3. The van der Waals surface area contributed by atoms with Gasteiger partial charge >= 0.3 is 12.1 Å². The number of carboxylic acids is 1. The predicted octanol–water partition coefficient (Wildman–Crippen LogP) is 4.99. The Morgan fingerprint density at radius 3 is 2.16 bits per heavy atom. The van der Waals surface area contributed by atoms with Crippen LogP contribution in [0, 0.1) is 9.49 Å². The summed E-state index contributed by atoms with van der Waals surface area (Å²) in [7, 11) is 0. The smallest absolute Gasteiger partial charge is 0.415 e. The number of amides is 4. The minimum absolute atomic E-state index is 0.0357. The molecule has 51 heavy (non-hydrogen) atoms. The number of nitrogens with zero attached hydrogens (tertiary/aromatic N) is 1. The van der Waals surface area contributed by atoms with Crippen molar-refractivity contribution in [2.45, 2.75) is 64.1 Å². The molecule has 4 rings (SSSR count). The maximum Gasteiger partial charge on any atom is 0.415 e. The lowest BCUT2D eigenvalue weighted by Crippen LogP contribution is -2.53. The third kappa shape index (κ3) is 13.0. The van der Waals surface area contributed by atoms with E-state index < -0.39 is 36.0 Å². The minimum atomic E-state index is -1.27. The molecule has 4 N–H and O–H groups in total. The summed E-state index contributed by atoms with van der Waals surface area (Å²) in [5.74, 6) is -1.59. The Hall–Kier alpha value is -4.37. The zero-order valence-corrected chi connectivity index (χ0v) is 31.3. The average Bonchev–Trinajstić information content (AvgIpc) is 3.09. The Morgan fingerprint density at radius 1 is 0.882 bits per heavy atom. The second-order valence-electron chi connectivity index (χ2n) is 12.7. The zero-order chi connectivity index (χ0) is 36.9. The van der Waals surface area contributed by atoms with Gasteiger partial charge in [-0.3, -0.25) is 14.4 Å². The topological polar surface area (TPSA) is 163 Å². The van der Waals surface area contributed by atoms with Crippen LogP contribution in [0.15, 0.2) is 72.8 Å². The van der Waals surface area contributed by atoms with Gasteiger partial charge in [0.1, 0.15) is 23.6 Å². The van der Waals surface area contributed by atoms with Crippen LogP contribution in [0.2, 0.25) is 5.02 Å². The minimum Gasteiger partial charge on any atom is -0.483 e. The van der Waals surface area contributed by atoms with Crippen molar-refractivity contribution < 1.29 is 38.6 Å². The van der Waals surface area contributed by atoms with E-state index in [9.17, 15) is 29.1 Å². The second-order valence-corrected chi connectivity index (χ2v) is 14.3. The number of carbonyl (C=O) groups is 5. The number of ether oxygens (including phenoxy) is 2. The molecule has 2 unspecified atom stereocenters. The summed E-state index contributed by atoms with van der Waals surface area (Å²) in [6.07, 6.45) is 1.16. The van der Waals surface area contributed by atoms with Crippen molar-refractivity contribution >= 4 is 64.0 Å². The van der Waals surface area contributed by atoms with E-state index in [-0.39, 0.29) is 43.1 Å². The van der Waals surface area contributed by atoms with Crippen LogP contribution in [0.1, 0.15) is 44.2 Å². The molecule has 1 aliphatic heterocycles. The standard InChI is InChI=1S/C37H42ClIN4O8/c1-23(2)19-30(41-34(45)22-50-32-6-4-3-5-29(32)39)35(46)42-31(36(47)48)20-24-9-13-28(14-10-24)51-37(49)43-17-15-27(16-18-43)40-33(44)21-25-7-11-26(38)12-8-25/h3-14,23,27,30-31H,15-22H2,1-2H3,(H,40,44)(H,41,45)(H,42,46)(H,47,48). The van der Waals surface area contributed by atoms with Crippen LogP contribution in [0.4, 0.5) is 4.79 Å². The number of para-hydroxylation sites is 1. The number of benzene rings is 3. The highest BCUT2D eigenvalue weighted by atomic mass is 127. The molecule has 1 saturated heterocycles. The number of hydrogen-bond acceptors (Lipinski definition) is 7. The van der Waals surface area contributed by atoms with Crippen LogP contribution in [0.3, 0.4) is 0 Å². The lowest BCUT2D eigenvalue weighted by Gasteiger charge is -2.31. The van der Waals surface area contributed by atoms with Crippen LogP contribution in [-0.2, 0) is 32.0 Å². The van der Waals surface area contributed by atoms with Crippen molar-refractivity contribution in [3.8, 4) is 11.5 Å². The van der Waals surface area contributed by atoms with Gasteiger partial charge in [0.25, 0.3) is 5.91 Å². The molecule has 3 aromatic carbocycles. The molecule has 12 nitrogen and oxygen atoms in total. The van der Waals surface area contributed by atoms with E-state index in [0.29, 0.717) is 48.7 Å². The molecule has 1 fully saturated rings. The number of hydrogen-bond donors (Lipinski definition) is 4. The summed E-state index contributed by atoms with van der Waals surface area (Å²) >= 11 is 8.01. The van der Waals surface area contributed by atoms with Gasteiger partial charge in [-0.15, -0.1) is 0 Å². The molecule has 272 valence electrons. The summed E-state index contributed by atoms with van der Waals surface area (Å²) in [5.41, 5.74) is 1.46. The molecular formula is C37H42ClIN4O8. The van der Waals surface area contributed by atoms with E-state index in [1.54, 1.807) is 53.4 Å². The lowest BCUT2D eigenvalue weighted by atomic mass is 10.0. The Bertz CT molecular complexity index is 1660. The van der Waals surface area contributed by atoms with Crippen molar-refractivity contribution in [2.24, 2.45) is 5.92 Å². The lowest BCUT2D eigenvalue weighted by molar-refractivity contribution is -0.142. The first kappa shape index (κ1) is 39.4. The molecule has 2 atom stereocenters. The number of piperidine rings is 1. The van der Waals surface area contributed by atoms with Gasteiger partial charge < -0.3 is 35.4 Å². The summed E-state index contributed by atoms with van der Waals surface area (Å²) in [4.78, 5) is 64.9. The number of carboxylic acid groups (broad SMARTS) is 1. The van der Waals surface area contributed by atoms with Crippen molar-refractivity contribution in [3.63, 3.8) is 0 Å². The third-order valence-electron chi connectivity index (χ3n) is 8.13. The van der Waals surface area contributed by atoms with Crippen LogP contribution in [0.5, 0.6) is 11.5 Å². The maximum absolute atomic E-state index is 13.2. The molecule has 14 heteroatoms. The molecule has 4 amide bonds. The quantitative estimate of drug-likeness (QED) is 0.156. The molecule has 3 aromatic rings. The molecule has 0 spiro atoms. The molecule has 0 bridgehead atoms. The van der Waals surface area contributed by atoms with Crippen molar-refractivity contribution in [3.05, 3.63) is 92.5 Å². The van der Waals surface area contributed by atoms with Gasteiger partial charge in [0.05, 0.1) is 9.99 Å². The molecule has 1 heterocycles. The highest BCUT2D eigenvalue weighted by Gasteiger charge is 2.28. The average molecular weight is 833 g/mol. The van der Waals surface area contributed by atoms with E-state index in [0.717, 1.165) is 9.13 Å². The highest BCUT2D eigenvalue weighted by molar-refractivity contribution is 14.1. The normalized spacial score (nSPS) is 14.3. The highest BCUT2D eigenvalue weighted by Crippen LogP contribution is 2.20. The van der Waals surface area contributed by atoms with Gasteiger partial charge in [0.2, 0.25) is 11.8 Å². The van der Waals surface area contributed by atoms with Crippen LogP contribution >= 0.6 is 34.2 Å². The summed E-state index contributed by atoms with van der Waals surface area (Å²) in [6, 6.07) is 18.4. The van der Waals surface area contributed by atoms with Gasteiger partial charge in [0, 0.05) is 30.6 Å². The van der Waals surface area contributed by atoms with Gasteiger partial charge in [-0.2, -0.15) is 0 Å². The number of halogens is 2. The summed E-state index contributed by atoms with van der Waals surface area (Å²) < 4.78 is 12.0. The molecule has 0 aliphatic carbocycles. The fraction of sp³-hybridized carbons (Fsp3) is 0.378. The third-order valence-corrected chi connectivity index (χ3v) is 9.28. The van der Waals surface area contributed by atoms with Crippen molar-refractivity contribution in [2.75, 3.05) is 19.7 Å². The zero-order valence-electron chi connectivity index (χ0n) is 28.4. The first-order chi connectivity index (χ1) is 24.4.